The van der Waals surface area contributed by atoms with E-state index in [-0.39, 0.29) is 12.5 Å². The Balaban J connectivity index is 2.43. The first-order chi connectivity index (χ1) is 7.20. The SMILES string of the molecule is C#CCN1CC(=O)Nc2ccc(Cl)cc21. The molecule has 1 heterocycles. The molecular formula is C11H9ClN2O. The van der Waals surface area contributed by atoms with E-state index in [1.54, 1.807) is 18.2 Å². The molecular weight excluding hydrogens is 212 g/mol. The molecule has 1 aliphatic rings. The molecule has 0 saturated heterocycles. The number of hydrogen-bond donors (Lipinski definition) is 1. The van der Waals surface area contributed by atoms with E-state index in [4.69, 9.17) is 18.0 Å². The highest BCUT2D eigenvalue weighted by Crippen LogP contribution is 2.31. The lowest BCUT2D eigenvalue weighted by atomic mass is 10.2. The van der Waals surface area contributed by atoms with Gasteiger partial charge in [0.2, 0.25) is 5.91 Å². The Bertz CT molecular complexity index is 450. The summed E-state index contributed by atoms with van der Waals surface area (Å²) in [6.07, 6.45) is 5.24. The van der Waals surface area contributed by atoms with Gasteiger partial charge in [0.05, 0.1) is 24.5 Å². The van der Waals surface area contributed by atoms with Crippen LogP contribution in [0.25, 0.3) is 0 Å². The fourth-order valence-corrected chi connectivity index (χ4v) is 1.74. The van der Waals surface area contributed by atoms with Crippen LogP contribution in [0.4, 0.5) is 11.4 Å². The van der Waals surface area contributed by atoms with E-state index in [0.29, 0.717) is 11.6 Å². The van der Waals surface area contributed by atoms with Gasteiger partial charge in [-0.15, -0.1) is 6.42 Å². The number of fused-ring (bicyclic) bond motifs is 1. The summed E-state index contributed by atoms with van der Waals surface area (Å²) < 4.78 is 0. The van der Waals surface area contributed by atoms with Crippen LogP contribution < -0.4 is 10.2 Å². The molecule has 4 heteroatoms. The molecule has 76 valence electrons. The van der Waals surface area contributed by atoms with Crippen molar-refractivity contribution in [2.24, 2.45) is 0 Å². The standard InChI is InChI=1S/C11H9ClN2O/c1-2-5-14-7-11(15)13-9-4-3-8(12)6-10(9)14/h1,3-4,6H,5,7H2,(H,13,15). The van der Waals surface area contributed by atoms with Crippen LogP contribution in [-0.2, 0) is 4.79 Å². The second kappa shape index (κ2) is 3.84. The number of carbonyl (C=O) groups is 1. The third kappa shape index (κ3) is 1.90. The smallest absolute Gasteiger partial charge is 0.243 e. The molecule has 1 aromatic carbocycles. The molecule has 15 heavy (non-hydrogen) atoms. The summed E-state index contributed by atoms with van der Waals surface area (Å²) in [4.78, 5) is 13.2. The number of terminal acetylenes is 1. The van der Waals surface area contributed by atoms with Crippen LogP contribution in [0.1, 0.15) is 0 Å². The van der Waals surface area contributed by atoms with Crippen LogP contribution >= 0.6 is 11.6 Å². The maximum Gasteiger partial charge on any atom is 0.243 e. The number of anilines is 2. The molecule has 1 aliphatic heterocycles. The summed E-state index contributed by atoms with van der Waals surface area (Å²) in [5, 5.41) is 3.40. The van der Waals surface area contributed by atoms with Gasteiger partial charge in [-0.2, -0.15) is 0 Å². The Kier molecular flexibility index (Phi) is 2.53. The second-order valence-electron chi connectivity index (χ2n) is 3.27. The summed E-state index contributed by atoms with van der Waals surface area (Å²) in [6, 6.07) is 5.31. The zero-order chi connectivity index (χ0) is 10.8. The zero-order valence-electron chi connectivity index (χ0n) is 7.96. The van der Waals surface area contributed by atoms with Crippen molar-refractivity contribution in [3.05, 3.63) is 23.2 Å². The molecule has 0 atom stereocenters. The van der Waals surface area contributed by atoms with E-state index in [1.165, 1.54) is 0 Å². The third-order valence-electron chi connectivity index (χ3n) is 2.19. The number of rotatable bonds is 1. The van der Waals surface area contributed by atoms with Crippen molar-refractivity contribution in [2.45, 2.75) is 0 Å². The fourth-order valence-electron chi connectivity index (χ4n) is 1.57. The highest BCUT2D eigenvalue weighted by atomic mass is 35.5. The number of nitrogens with one attached hydrogen (secondary N) is 1. The molecule has 0 spiro atoms. The molecule has 3 nitrogen and oxygen atoms in total. The Labute approximate surface area is 93.0 Å². The van der Waals surface area contributed by atoms with Gasteiger partial charge in [0.1, 0.15) is 0 Å². The molecule has 1 amide bonds. The number of hydrogen-bond acceptors (Lipinski definition) is 2. The summed E-state index contributed by atoms with van der Waals surface area (Å²) in [7, 11) is 0. The van der Waals surface area contributed by atoms with E-state index in [9.17, 15) is 4.79 Å². The molecule has 0 unspecified atom stereocenters. The summed E-state index contributed by atoms with van der Waals surface area (Å²) in [6.45, 7) is 0.679. The zero-order valence-corrected chi connectivity index (χ0v) is 8.71. The minimum Gasteiger partial charge on any atom is -0.349 e. The monoisotopic (exact) mass is 220 g/mol. The van der Waals surface area contributed by atoms with Crippen molar-refractivity contribution in [2.75, 3.05) is 23.3 Å². The number of halogens is 1. The molecule has 0 radical (unpaired) electrons. The van der Waals surface area contributed by atoms with E-state index in [0.717, 1.165) is 11.4 Å². The molecule has 1 N–H and O–H groups in total. The lowest BCUT2D eigenvalue weighted by Gasteiger charge is -2.29. The molecule has 0 bridgehead atoms. The van der Waals surface area contributed by atoms with Gasteiger partial charge in [0.15, 0.2) is 0 Å². The van der Waals surface area contributed by atoms with E-state index in [2.05, 4.69) is 11.2 Å². The van der Waals surface area contributed by atoms with Crippen molar-refractivity contribution < 1.29 is 4.79 Å². The van der Waals surface area contributed by atoms with Crippen molar-refractivity contribution in [3.8, 4) is 12.3 Å². The van der Waals surface area contributed by atoms with Gasteiger partial charge < -0.3 is 10.2 Å². The summed E-state index contributed by atoms with van der Waals surface area (Å²) >= 11 is 5.89. The van der Waals surface area contributed by atoms with Gasteiger partial charge in [0, 0.05) is 5.02 Å². The first kappa shape index (κ1) is 9.88. The lowest BCUT2D eigenvalue weighted by Crippen LogP contribution is -2.38. The normalized spacial score (nSPS) is 14.1. The van der Waals surface area contributed by atoms with E-state index < -0.39 is 0 Å². The van der Waals surface area contributed by atoms with Crippen LogP contribution in [0.3, 0.4) is 0 Å². The maximum atomic E-state index is 11.3. The van der Waals surface area contributed by atoms with Crippen molar-refractivity contribution in [1.82, 2.24) is 0 Å². The van der Waals surface area contributed by atoms with Crippen molar-refractivity contribution in [3.63, 3.8) is 0 Å². The predicted molar refractivity (Wildman–Crippen MR) is 61.1 cm³/mol. The summed E-state index contributed by atoms with van der Waals surface area (Å²) in [5.41, 5.74) is 1.63. The summed E-state index contributed by atoms with van der Waals surface area (Å²) in [5.74, 6) is 2.47. The molecule has 0 saturated carbocycles. The topological polar surface area (TPSA) is 32.3 Å². The number of nitrogens with zero attached hydrogens (tertiary/aromatic N) is 1. The third-order valence-corrected chi connectivity index (χ3v) is 2.43. The minimum atomic E-state index is -0.0555. The highest BCUT2D eigenvalue weighted by Gasteiger charge is 2.20. The maximum absolute atomic E-state index is 11.3. The van der Waals surface area contributed by atoms with E-state index >= 15 is 0 Å². The Morgan fingerprint density at radius 1 is 1.60 bits per heavy atom. The molecule has 2 rings (SSSR count). The Morgan fingerprint density at radius 3 is 3.13 bits per heavy atom. The fraction of sp³-hybridized carbons (Fsp3) is 0.182. The van der Waals surface area contributed by atoms with E-state index in [1.807, 2.05) is 4.90 Å². The van der Waals surface area contributed by atoms with Crippen LogP contribution in [0.15, 0.2) is 18.2 Å². The second-order valence-corrected chi connectivity index (χ2v) is 3.71. The van der Waals surface area contributed by atoms with Gasteiger partial charge >= 0.3 is 0 Å². The first-order valence-corrected chi connectivity index (χ1v) is 4.86. The van der Waals surface area contributed by atoms with Gasteiger partial charge in [-0.25, -0.2) is 0 Å². The predicted octanol–water partition coefficient (Wildman–Crippen LogP) is 1.73. The van der Waals surface area contributed by atoms with Gasteiger partial charge in [-0.3, -0.25) is 4.79 Å². The number of carbonyl (C=O) groups excluding carboxylic acids is 1. The van der Waals surface area contributed by atoms with Gasteiger partial charge in [-0.1, -0.05) is 17.5 Å². The minimum absolute atomic E-state index is 0.0555. The van der Waals surface area contributed by atoms with Crippen LogP contribution in [0, 0.1) is 12.3 Å². The molecule has 0 aliphatic carbocycles. The average molecular weight is 221 g/mol. The Morgan fingerprint density at radius 2 is 2.40 bits per heavy atom. The van der Waals surface area contributed by atoms with Crippen LogP contribution in [0.2, 0.25) is 5.02 Å². The quantitative estimate of drug-likeness (QED) is 0.732. The number of benzene rings is 1. The van der Waals surface area contributed by atoms with Crippen LogP contribution in [0.5, 0.6) is 0 Å². The van der Waals surface area contributed by atoms with Crippen molar-refractivity contribution in [1.29, 1.82) is 0 Å². The van der Waals surface area contributed by atoms with Gasteiger partial charge in [-0.05, 0) is 18.2 Å². The average Bonchev–Trinajstić information content (AvgIpc) is 2.19. The van der Waals surface area contributed by atoms with Crippen LogP contribution in [-0.4, -0.2) is 19.0 Å². The largest absolute Gasteiger partial charge is 0.349 e. The molecule has 0 aromatic heterocycles. The number of amides is 1. The molecule has 1 aromatic rings. The Hall–Kier alpha value is -1.66. The lowest BCUT2D eigenvalue weighted by molar-refractivity contribution is -0.115. The first-order valence-electron chi connectivity index (χ1n) is 4.48. The van der Waals surface area contributed by atoms with Gasteiger partial charge in [0.25, 0.3) is 0 Å². The van der Waals surface area contributed by atoms with Crippen molar-refractivity contribution >= 4 is 28.9 Å². The molecule has 0 fully saturated rings. The highest BCUT2D eigenvalue weighted by molar-refractivity contribution is 6.31.